The van der Waals surface area contributed by atoms with Gasteiger partial charge < -0.3 is 4.74 Å². The van der Waals surface area contributed by atoms with Crippen LogP contribution in [0, 0.1) is 0 Å². The Kier molecular flexibility index (Phi) is 1.28. The van der Waals surface area contributed by atoms with Gasteiger partial charge in [0.25, 0.3) is 0 Å². The molecule has 0 saturated heterocycles. The average molecular weight is 104 g/mol. The molecule has 1 saturated carbocycles. The van der Waals surface area contributed by atoms with E-state index in [4.69, 9.17) is 4.74 Å². The summed E-state index contributed by atoms with van der Waals surface area (Å²) in [6, 6.07) is 0. The molecule has 0 heterocycles. The van der Waals surface area contributed by atoms with Crippen LogP contribution in [0.1, 0.15) is 12.8 Å². The molecule has 0 aromatic rings. The van der Waals surface area contributed by atoms with Crippen LogP contribution >= 0.6 is 0 Å². The summed E-state index contributed by atoms with van der Waals surface area (Å²) in [5, 5.41) is 0. The van der Waals surface area contributed by atoms with Crippen LogP contribution in [0.3, 0.4) is 0 Å². The van der Waals surface area contributed by atoms with Crippen LogP contribution in [-0.4, -0.2) is 19.4 Å². The van der Waals surface area contributed by atoms with Crippen LogP contribution in [0.15, 0.2) is 0 Å². The minimum atomic E-state index is -0.579. The third-order valence-corrected chi connectivity index (χ3v) is 1.37. The fourth-order valence-corrected chi connectivity index (χ4v) is 0.694. The lowest BCUT2D eigenvalue weighted by Gasteiger charge is -2.27. The van der Waals surface area contributed by atoms with Crippen molar-refractivity contribution in [3.8, 4) is 0 Å². The van der Waals surface area contributed by atoms with E-state index >= 15 is 0 Å². The molecule has 0 amide bonds. The Balaban J connectivity index is 2.06. The predicted octanol–water partition coefficient (Wildman–Crippen LogP) is 1.13. The third kappa shape index (κ3) is 0.911. The van der Waals surface area contributed by atoms with E-state index < -0.39 is 6.17 Å². The van der Waals surface area contributed by atoms with Crippen molar-refractivity contribution in [1.82, 2.24) is 0 Å². The highest BCUT2D eigenvalue weighted by Gasteiger charge is 2.28. The lowest BCUT2D eigenvalue weighted by atomic mass is 9.94. The lowest BCUT2D eigenvalue weighted by Crippen LogP contribution is -2.31. The maximum atomic E-state index is 11.9. The zero-order valence-corrected chi connectivity index (χ0v) is 4.36. The highest BCUT2D eigenvalue weighted by atomic mass is 19.1. The summed E-state index contributed by atoms with van der Waals surface area (Å²) >= 11 is 0. The van der Waals surface area contributed by atoms with Gasteiger partial charge in [-0.2, -0.15) is 0 Å². The smallest absolute Gasteiger partial charge is 0.105 e. The number of halogens is 1. The van der Waals surface area contributed by atoms with Crippen LogP contribution in [-0.2, 0) is 4.74 Å². The molecule has 1 rings (SSSR count). The first-order valence-electron chi connectivity index (χ1n) is 2.50. The van der Waals surface area contributed by atoms with Gasteiger partial charge in [0.05, 0.1) is 6.10 Å². The largest absolute Gasteiger partial charge is 0.381 e. The van der Waals surface area contributed by atoms with Crippen LogP contribution in [0.2, 0.25) is 0 Å². The molecule has 7 heavy (non-hydrogen) atoms. The van der Waals surface area contributed by atoms with Crippen LogP contribution in [0.25, 0.3) is 0 Å². The molecule has 1 aliphatic rings. The Labute approximate surface area is 42.5 Å². The summed E-state index contributed by atoms with van der Waals surface area (Å²) in [5.74, 6) is 0. The number of hydrogen-bond acceptors (Lipinski definition) is 1. The van der Waals surface area contributed by atoms with Crippen LogP contribution in [0.5, 0.6) is 0 Å². The Morgan fingerprint density at radius 3 is 2.29 bits per heavy atom. The average Bonchev–Trinajstić information content (AvgIpc) is 1.58. The quantitative estimate of drug-likeness (QED) is 0.484. The van der Waals surface area contributed by atoms with Gasteiger partial charge in [0.15, 0.2) is 0 Å². The van der Waals surface area contributed by atoms with E-state index in [0.717, 1.165) is 0 Å². The standard InChI is InChI=1S/C5H9FO/c1-7-5-2-4(6)3-5/h4-5H,2-3H2,1H3/t4-,5+. The van der Waals surface area contributed by atoms with Gasteiger partial charge in [-0.1, -0.05) is 0 Å². The maximum absolute atomic E-state index is 11.9. The van der Waals surface area contributed by atoms with Gasteiger partial charge in [-0.15, -0.1) is 0 Å². The molecule has 0 aromatic carbocycles. The molecule has 1 aliphatic carbocycles. The second kappa shape index (κ2) is 1.78. The molecule has 0 bridgehead atoms. The molecule has 2 heteroatoms. The van der Waals surface area contributed by atoms with Gasteiger partial charge in [-0.3, -0.25) is 0 Å². The van der Waals surface area contributed by atoms with Crippen molar-refractivity contribution < 1.29 is 9.13 Å². The number of alkyl halides is 1. The minimum absolute atomic E-state index is 0.218. The third-order valence-electron chi connectivity index (χ3n) is 1.37. The van der Waals surface area contributed by atoms with Gasteiger partial charge in [0.1, 0.15) is 6.17 Å². The fourth-order valence-electron chi connectivity index (χ4n) is 0.694. The van der Waals surface area contributed by atoms with E-state index in [1.807, 2.05) is 0 Å². The highest BCUT2D eigenvalue weighted by Crippen LogP contribution is 2.24. The van der Waals surface area contributed by atoms with Crippen LogP contribution in [0.4, 0.5) is 4.39 Å². The summed E-state index contributed by atoms with van der Waals surface area (Å²) in [5.41, 5.74) is 0. The molecule has 0 unspecified atom stereocenters. The second-order valence-electron chi connectivity index (χ2n) is 1.93. The number of hydrogen-bond donors (Lipinski definition) is 0. The Bertz CT molecular complexity index is 59.1. The van der Waals surface area contributed by atoms with Crippen molar-refractivity contribution in [3.63, 3.8) is 0 Å². The topological polar surface area (TPSA) is 9.23 Å². The maximum Gasteiger partial charge on any atom is 0.105 e. The van der Waals surface area contributed by atoms with Crippen molar-refractivity contribution >= 4 is 0 Å². The van der Waals surface area contributed by atoms with E-state index in [1.165, 1.54) is 0 Å². The first-order chi connectivity index (χ1) is 3.33. The SMILES string of the molecule is CO[C@H]1C[C@@H](F)C1. The molecular formula is C5H9FO. The molecular weight excluding hydrogens is 95.1 g/mol. The van der Waals surface area contributed by atoms with E-state index in [0.29, 0.717) is 12.8 Å². The predicted molar refractivity (Wildman–Crippen MR) is 24.9 cm³/mol. The van der Waals surface area contributed by atoms with Crippen molar-refractivity contribution in [2.24, 2.45) is 0 Å². The molecule has 0 aliphatic heterocycles. The zero-order valence-electron chi connectivity index (χ0n) is 4.36. The van der Waals surface area contributed by atoms with E-state index in [1.54, 1.807) is 7.11 Å². The molecule has 1 fully saturated rings. The van der Waals surface area contributed by atoms with Gasteiger partial charge in [0, 0.05) is 20.0 Å². The van der Waals surface area contributed by atoms with Crippen molar-refractivity contribution in [1.29, 1.82) is 0 Å². The fraction of sp³-hybridized carbons (Fsp3) is 1.00. The minimum Gasteiger partial charge on any atom is -0.381 e. The van der Waals surface area contributed by atoms with Gasteiger partial charge in [-0.25, -0.2) is 4.39 Å². The van der Waals surface area contributed by atoms with E-state index in [-0.39, 0.29) is 6.10 Å². The van der Waals surface area contributed by atoms with Gasteiger partial charge in [0.2, 0.25) is 0 Å². The second-order valence-corrected chi connectivity index (χ2v) is 1.93. The zero-order chi connectivity index (χ0) is 5.28. The first-order valence-corrected chi connectivity index (χ1v) is 2.50. The molecule has 0 N–H and O–H groups in total. The molecule has 0 radical (unpaired) electrons. The summed E-state index contributed by atoms with van der Waals surface area (Å²) in [6.45, 7) is 0. The van der Waals surface area contributed by atoms with Crippen molar-refractivity contribution in [3.05, 3.63) is 0 Å². The molecule has 0 spiro atoms. The Morgan fingerprint density at radius 2 is 2.14 bits per heavy atom. The van der Waals surface area contributed by atoms with Crippen LogP contribution < -0.4 is 0 Å². The lowest BCUT2D eigenvalue weighted by molar-refractivity contribution is -0.0131. The van der Waals surface area contributed by atoms with Gasteiger partial charge in [-0.05, 0) is 0 Å². The summed E-state index contributed by atoms with van der Waals surface area (Å²) < 4.78 is 16.7. The van der Waals surface area contributed by atoms with E-state index in [9.17, 15) is 4.39 Å². The normalized spacial score (nSPS) is 40.3. The van der Waals surface area contributed by atoms with Gasteiger partial charge >= 0.3 is 0 Å². The Morgan fingerprint density at radius 1 is 1.57 bits per heavy atom. The number of rotatable bonds is 1. The molecule has 42 valence electrons. The molecule has 0 aromatic heterocycles. The summed E-state index contributed by atoms with van der Waals surface area (Å²) in [6.07, 6.45) is 0.854. The number of methoxy groups -OCH3 is 1. The molecule has 1 nitrogen and oxygen atoms in total. The number of ether oxygens (including phenoxy) is 1. The van der Waals surface area contributed by atoms with E-state index in [2.05, 4.69) is 0 Å². The monoisotopic (exact) mass is 104 g/mol. The Hall–Kier alpha value is -0.110. The summed E-state index contributed by atoms with van der Waals surface area (Å²) in [7, 11) is 1.62. The van der Waals surface area contributed by atoms with Crippen molar-refractivity contribution in [2.75, 3.05) is 7.11 Å². The highest BCUT2D eigenvalue weighted by molar-refractivity contribution is 4.78. The summed E-state index contributed by atoms with van der Waals surface area (Å²) in [4.78, 5) is 0. The molecule has 0 atom stereocenters. The van der Waals surface area contributed by atoms with Crippen molar-refractivity contribution in [2.45, 2.75) is 25.1 Å². The first kappa shape index (κ1) is 5.04.